The molecule has 0 saturated heterocycles. The first-order valence-corrected chi connectivity index (χ1v) is 6.17. The molecule has 1 atom stereocenters. The van der Waals surface area contributed by atoms with E-state index < -0.39 is 0 Å². The summed E-state index contributed by atoms with van der Waals surface area (Å²) in [7, 11) is 0. The molecule has 0 aromatic rings. The van der Waals surface area contributed by atoms with Crippen LogP contribution in [0.3, 0.4) is 0 Å². The smallest absolute Gasteiger partial charge is 0.0827 e. The molecule has 0 amide bonds. The van der Waals surface area contributed by atoms with Gasteiger partial charge in [0.25, 0.3) is 0 Å². The number of hydrogen-bond donors (Lipinski definition) is 1. The van der Waals surface area contributed by atoms with Crippen molar-refractivity contribution in [1.82, 2.24) is 0 Å². The molecule has 0 saturated carbocycles. The number of allylic oxidation sites excluding steroid dienone is 1. The highest BCUT2D eigenvalue weighted by molar-refractivity contribution is 4.89. The van der Waals surface area contributed by atoms with Gasteiger partial charge in [-0.15, -0.1) is 6.58 Å². The Morgan fingerprint density at radius 1 is 1.33 bits per heavy atom. The third kappa shape index (κ3) is 4.35. The van der Waals surface area contributed by atoms with Crippen molar-refractivity contribution in [2.75, 3.05) is 6.61 Å². The maximum Gasteiger partial charge on any atom is 0.0827 e. The summed E-state index contributed by atoms with van der Waals surface area (Å²) in [5.74, 6) is 0. The lowest BCUT2D eigenvalue weighted by molar-refractivity contribution is -0.0653. The fraction of sp³-hybridized carbons (Fsp3) is 0.846. The summed E-state index contributed by atoms with van der Waals surface area (Å²) in [5.41, 5.74) is 6.13. The van der Waals surface area contributed by atoms with Crippen molar-refractivity contribution in [3.05, 3.63) is 12.7 Å². The van der Waals surface area contributed by atoms with E-state index >= 15 is 0 Å². The first-order valence-electron chi connectivity index (χ1n) is 6.17. The molecule has 0 aliphatic carbocycles. The molecule has 0 aliphatic heterocycles. The fourth-order valence-electron chi connectivity index (χ4n) is 2.12. The average molecular weight is 213 g/mol. The van der Waals surface area contributed by atoms with Gasteiger partial charge in [0.15, 0.2) is 0 Å². The Balaban J connectivity index is 4.25. The summed E-state index contributed by atoms with van der Waals surface area (Å²) in [6, 6.07) is 0.146. The van der Waals surface area contributed by atoms with E-state index in [1.807, 2.05) is 13.0 Å². The van der Waals surface area contributed by atoms with Gasteiger partial charge in [-0.05, 0) is 39.0 Å². The maximum absolute atomic E-state index is 6.24. The van der Waals surface area contributed by atoms with E-state index in [1.54, 1.807) is 0 Å². The van der Waals surface area contributed by atoms with Crippen LogP contribution in [0, 0.1) is 0 Å². The van der Waals surface area contributed by atoms with Gasteiger partial charge in [-0.1, -0.05) is 19.9 Å². The van der Waals surface area contributed by atoms with E-state index in [9.17, 15) is 0 Å². The van der Waals surface area contributed by atoms with Crippen molar-refractivity contribution in [3.63, 3.8) is 0 Å². The predicted molar refractivity (Wildman–Crippen MR) is 67.0 cm³/mol. The van der Waals surface area contributed by atoms with E-state index in [2.05, 4.69) is 20.4 Å². The van der Waals surface area contributed by atoms with Gasteiger partial charge in [0.1, 0.15) is 0 Å². The molecule has 2 N–H and O–H groups in total. The van der Waals surface area contributed by atoms with E-state index in [0.717, 1.165) is 38.7 Å². The molecular formula is C13H27NO. The first-order chi connectivity index (χ1) is 7.16. The summed E-state index contributed by atoms with van der Waals surface area (Å²) in [6.45, 7) is 10.8. The summed E-state index contributed by atoms with van der Waals surface area (Å²) >= 11 is 0. The van der Waals surface area contributed by atoms with Crippen LogP contribution >= 0.6 is 0 Å². The monoisotopic (exact) mass is 213 g/mol. The molecule has 0 fully saturated rings. The van der Waals surface area contributed by atoms with Crippen molar-refractivity contribution in [2.24, 2.45) is 5.73 Å². The third-order valence-corrected chi connectivity index (χ3v) is 3.23. The molecule has 0 rings (SSSR count). The highest BCUT2D eigenvalue weighted by Crippen LogP contribution is 2.26. The summed E-state index contributed by atoms with van der Waals surface area (Å²) in [6.07, 6.45) is 7.11. The largest absolute Gasteiger partial charge is 0.374 e. The van der Waals surface area contributed by atoms with Gasteiger partial charge in [0.2, 0.25) is 0 Å². The number of hydrogen-bond acceptors (Lipinski definition) is 2. The number of ether oxygens (including phenoxy) is 1. The van der Waals surface area contributed by atoms with E-state index in [-0.39, 0.29) is 11.6 Å². The molecule has 0 aromatic carbocycles. The maximum atomic E-state index is 6.24. The van der Waals surface area contributed by atoms with Crippen LogP contribution in [-0.4, -0.2) is 18.2 Å². The van der Waals surface area contributed by atoms with Crippen LogP contribution < -0.4 is 5.73 Å². The van der Waals surface area contributed by atoms with E-state index in [0.29, 0.717) is 0 Å². The zero-order valence-electron chi connectivity index (χ0n) is 10.6. The van der Waals surface area contributed by atoms with Crippen LogP contribution in [0.15, 0.2) is 12.7 Å². The van der Waals surface area contributed by atoms with Crippen LogP contribution in [0.1, 0.15) is 52.9 Å². The van der Waals surface area contributed by atoms with Crippen LogP contribution in [-0.2, 0) is 4.74 Å². The van der Waals surface area contributed by atoms with Crippen LogP contribution in [0.5, 0.6) is 0 Å². The number of nitrogens with two attached hydrogens (primary N) is 1. The van der Waals surface area contributed by atoms with Crippen molar-refractivity contribution in [2.45, 2.75) is 64.5 Å². The summed E-state index contributed by atoms with van der Waals surface area (Å²) < 4.78 is 5.87. The van der Waals surface area contributed by atoms with Crippen LogP contribution in [0.4, 0.5) is 0 Å². The molecule has 2 heteroatoms. The minimum Gasteiger partial charge on any atom is -0.374 e. The van der Waals surface area contributed by atoms with Gasteiger partial charge in [-0.2, -0.15) is 0 Å². The average Bonchev–Trinajstić information content (AvgIpc) is 2.26. The first kappa shape index (κ1) is 14.7. The number of rotatable bonds is 9. The van der Waals surface area contributed by atoms with Gasteiger partial charge in [0.05, 0.1) is 5.60 Å². The Hall–Kier alpha value is -0.340. The van der Waals surface area contributed by atoms with Crippen LogP contribution in [0.25, 0.3) is 0 Å². The quantitative estimate of drug-likeness (QED) is 0.471. The molecule has 1 unspecified atom stereocenters. The highest BCUT2D eigenvalue weighted by atomic mass is 16.5. The molecule has 0 spiro atoms. The Morgan fingerprint density at radius 3 is 2.33 bits per heavy atom. The third-order valence-electron chi connectivity index (χ3n) is 3.23. The molecule has 0 radical (unpaired) electrons. The van der Waals surface area contributed by atoms with E-state index in [4.69, 9.17) is 10.5 Å². The molecule has 0 aromatic heterocycles. The molecule has 15 heavy (non-hydrogen) atoms. The lowest BCUT2D eigenvalue weighted by atomic mass is 9.85. The zero-order chi connectivity index (χ0) is 11.7. The minimum absolute atomic E-state index is 0.115. The van der Waals surface area contributed by atoms with Crippen molar-refractivity contribution in [3.8, 4) is 0 Å². The summed E-state index contributed by atoms with van der Waals surface area (Å²) in [4.78, 5) is 0. The van der Waals surface area contributed by atoms with Gasteiger partial charge in [-0.3, -0.25) is 0 Å². The Bertz CT molecular complexity index is 164. The zero-order valence-corrected chi connectivity index (χ0v) is 10.6. The molecule has 90 valence electrons. The predicted octanol–water partition coefficient (Wildman–Crippen LogP) is 3.27. The lowest BCUT2D eigenvalue weighted by Gasteiger charge is -2.37. The Kier molecular flexibility index (Phi) is 7.71. The molecular weight excluding hydrogens is 186 g/mol. The Labute approximate surface area is 94.9 Å². The van der Waals surface area contributed by atoms with Crippen molar-refractivity contribution >= 4 is 0 Å². The normalized spacial score (nSPS) is 13.9. The molecule has 0 heterocycles. The van der Waals surface area contributed by atoms with E-state index in [1.165, 1.54) is 0 Å². The van der Waals surface area contributed by atoms with Gasteiger partial charge in [0, 0.05) is 12.6 Å². The number of unbranched alkanes of at least 4 members (excludes halogenated alkanes) is 1. The SMILES string of the molecule is C=CCCCC(N)C(CC)(CC)OCC. The standard InChI is InChI=1S/C13H27NO/c1-5-9-10-11-12(14)13(6-2,7-3)15-8-4/h5,12H,1,6-11,14H2,2-4H3. The molecule has 0 aliphatic rings. The second-order valence-corrected chi connectivity index (χ2v) is 4.03. The lowest BCUT2D eigenvalue weighted by Crippen LogP contribution is -2.49. The molecule has 2 nitrogen and oxygen atoms in total. The second kappa shape index (κ2) is 7.89. The topological polar surface area (TPSA) is 35.2 Å². The molecule has 0 bridgehead atoms. The highest BCUT2D eigenvalue weighted by Gasteiger charge is 2.33. The second-order valence-electron chi connectivity index (χ2n) is 4.03. The summed E-state index contributed by atoms with van der Waals surface area (Å²) in [5, 5.41) is 0. The van der Waals surface area contributed by atoms with Gasteiger partial charge in [-0.25, -0.2) is 0 Å². The van der Waals surface area contributed by atoms with Gasteiger partial charge >= 0.3 is 0 Å². The Morgan fingerprint density at radius 2 is 1.93 bits per heavy atom. The fourth-order valence-corrected chi connectivity index (χ4v) is 2.12. The van der Waals surface area contributed by atoms with Gasteiger partial charge < -0.3 is 10.5 Å². The van der Waals surface area contributed by atoms with Crippen molar-refractivity contribution in [1.29, 1.82) is 0 Å². The van der Waals surface area contributed by atoms with Crippen LogP contribution in [0.2, 0.25) is 0 Å². The minimum atomic E-state index is -0.115. The van der Waals surface area contributed by atoms with Crippen molar-refractivity contribution < 1.29 is 4.74 Å².